The number of nitrogens with zero attached hydrogens (tertiary/aromatic N) is 5. The molecule has 2 aromatic heterocycles. The summed E-state index contributed by atoms with van der Waals surface area (Å²) < 4.78 is 29.5. The second-order valence-corrected chi connectivity index (χ2v) is 8.96. The van der Waals surface area contributed by atoms with Crippen LogP contribution in [-0.4, -0.2) is 45.1 Å². The lowest BCUT2D eigenvalue weighted by molar-refractivity contribution is 0.0697. The number of rotatable bonds is 5. The SMILES string of the molecule is Cc1cc(C)n2nc(S(=O)(=O)N(c3c(C(=O)O)ccc(C)c3C)C(C)C)nc2n1. The average Bonchev–Trinajstić information content (AvgIpc) is 3.03. The number of benzene rings is 1. The number of aromatic nitrogens is 4. The molecule has 0 amide bonds. The summed E-state index contributed by atoms with van der Waals surface area (Å²) in [5, 5.41) is 13.4. The van der Waals surface area contributed by atoms with E-state index in [4.69, 9.17) is 0 Å². The number of anilines is 1. The van der Waals surface area contributed by atoms with E-state index in [9.17, 15) is 18.3 Å². The summed E-state index contributed by atoms with van der Waals surface area (Å²) >= 11 is 0. The molecule has 1 N–H and O–H groups in total. The van der Waals surface area contributed by atoms with E-state index in [0.717, 1.165) is 9.87 Å². The number of fused-ring (bicyclic) bond motifs is 1. The Morgan fingerprint density at radius 3 is 2.38 bits per heavy atom. The summed E-state index contributed by atoms with van der Waals surface area (Å²) in [6.45, 7) is 10.4. The van der Waals surface area contributed by atoms with E-state index < -0.39 is 27.2 Å². The van der Waals surface area contributed by atoms with E-state index in [1.54, 1.807) is 53.7 Å². The fourth-order valence-corrected chi connectivity index (χ4v) is 4.85. The zero-order valence-corrected chi connectivity index (χ0v) is 17.9. The molecule has 0 saturated heterocycles. The first-order valence-corrected chi connectivity index (χ1v) is 10.5. The van der Waals surface area contributed by atoms with Gasteiger partial charge in [0, 0.05) is 17.4 Å². The van der Waals surface area contributed by atoms with Gasteiger partial charge in [-0.15, -0.1) is 5.10 Å². The summed E-state index contributed by atoms with van der Waals surface area (Å²) in [5.41, 5.74) is 2.75. The minimum atomic E-state index is -4.25. The van der Waals surface area contributed by atoms with Crippen molar-refractivity contribution in [3.8, 4) is 0 Å². The zero-order valence-electron chi connectivity index (χ0n) is 17.1. The van der Waals surface area contributed by atoms with E-state index in [1.165, 1.54) is 10.6 Å². The van der Waals surface area contributed by atoms with Crippen molar-refractivity contribution >= 4 is 27.5 Å². The predicted molar refractivity (Wildman–Crippen MR) is 108 cm³/mol. The average molecular weight is 417 g/mol. The largest absolute Gasteiger partial charge is 0.478 e. The van der Waals surface area contributed by atoms with E-state index in [-0.39, 0.29) is 17.0 Å². The van der Waals surface area contributed by atoms with Crippen molar-refractivity contribution < 1.29 is 18.3 Å². The van der Waals surface area contributed by atoms with Crippen LogP contribution in [0.1, 0.15) is 46.7 Å². The summed E-state index contributed by atoms with van der Waals surface area (Å²) in [5.74, 6) is -1.04. The van der Waals surface area contributed by atoms with Gasteiger partial charge in [-0.25, -0.2) is 14.3 Å². The van der Waals surface area contributed by atoms with Gasteiger partial charge in [0.1, 0.15) is 0 Å². The van der Waals surface area contributed by atoms with Crippen molar-refractivity contribution in [3.05, 3.63) is 46.3 Å². The third-order valence-electron chi connectivity index (χ3n) is 4.71. The molecule has 0 atom stereocenters. The Morgan fingerprint density at radius 2 is 1.79 bits per heavy atom. The van der Waals surface area contributed by atoms with Crippen LogP contribution in [0, 0.1) is 27.7 Å². The van der Waals surface area contributed by atoms with Crippen LogP contribution in [0.3, 0.4) is 0 Å². The fourth-order valence-electron chi connectivity index (χ4n) is 3.26. The Labute approximate surface area is 169 Å². The Hall–Kier alpha value is -3.01. The number of aromatic carboxylic acids is 1. The van der Waals surface area contributed by atoms with Crippen LogP contribution in [0.25, 0.3) is 5.78 Å². The number of aryl methyl sites for hydroxylation is 3. The highest BCUT2D eigenvalue weighted by molar-refractivity contribution is 7.92. The molecule has 1 aromatic carbocycles. The van der Waals surface area contributed by atoms with Crippen molar-refractivity contribution in [3.63, 3.8) is 0 Å². The second kappa shape index (κ2) is 7.11. The van der Waals surface area contributed by atoms with E-state index in [0.29, 0.717) is 17.0 Å². The van der Waals surface area contributed by atoms with Crippen molar-refractivity contribution in [1.29, 1.82) is 0 Å². The van der Waals surface area contributed by atoms with Gasteiger partial charge in [0.15, 0.2) is 0 Å². The van der Waals surface area contributed by atoms with E-state index in [2.05, 4.69) is 15.1 Å². The van der Waals surface area contributed by atoms with Gasteiger partial charge < -0.3 is 5.11 Å². The molecular formula is C19H23N5O4S. The standard InChI is InChI=1S/C19H23N5O4S/c1-10(2)24(16-14(6)11(3)7-8-15(16)17(25)26)29(27,28)19-21-18-20-12(4)9-13(5)23(18)22-19/h7-10H,1-6H3,(H,25,26). The summed E-state index contributed by atoms with van der Waals surface area (Å²) in [6, 6.07) is 4.27. The molecule has 0 fully saturated rings. The lowest BCUT2D eigenvalue weighted by atomic mass is 10.0. The Bertz CT molecular complexity index is 1230. The van der Waals surface area contributed by atoms with Crippen LogP contribution in [0.4, 0.5) is 5.69 Å². The van der Waals surface area contributed by atoms with Crippen LogP contribution in [0.5, 0.6) is 0 Å². The van der Waals surface area contributed by atoms with Crippen LogP contribution in [-0.2, 0) is 10.0 Å². The summed E-state index contributed by atoms with van der Waals surface area (Å²) in [6.07, 6.45) is 0. The molecule has 10 heteroatoms. The predicted octanol–water partition coefficient (Wildman–Crippen LogP) is 2.66. The van der Waals surface area contributed by atoms with Crippen molar-refractivity contribution in [2.24, 2.45) is 0 Å². The van der Waals surface area contributed by atoms with Gasteiger partial charge in [0.05, 0.1) is 11.3 Å². The number of carboxylic acid groups (broad SMARTS) is 1. The van der Waals surface area contributed by atoms with Gasteiger partial charge in [-0.1, -0.05) is 6.07 Å². The molecule has 0 bridgehead atoms. The first-order valence-electron chi connectivity index (χ1n) is 9.04. The minimum Gasteiger partial charge on any atom is -0.478 e. The minimum absolute atomic E-state index is 0.0979. The molecule has 0 aliphatic heterocycles. The lowest BCUT2D eigenvalue weighted by Gasteiger charge is -2.30. The molecule has 0 radical (unpaired) electrons. The first-order chi connectivity index (χ1) is 13.4. The second-order valence-electron chi connectivity index (χ2n) is 7.25. The van der Waals surface area contributed by atoms with Gasteiger partial charge in [-0.05, 0) is 64.8 Å². The molecule has 0 aliphatic carbocycles. The Kier molecular flexibility index (Phi) is 5.08. The maximum Gasteiger partial charge on any atom is 0.337 e. The lowest BCUT2D eigenvalue weighted by Crippen LogP contribution is -2.39. The van der Waals surface area contributed by atoms with Gasteiger partial charge in [0.25, 0.3) is 10.9 Å². The summed E-state index contributed by atoms with van der Waals surface area (Å²) in [4.78, 5) is 20.2. The topological polar surface area (TPSA) is 118 Å². The fraction of sp³-hybridized carbons (Fsp3) is 0.368. The molecule has 154 valence electrons. The summed E-state index contributed by atoms with van der Waals surface area (Å²) in [7, 11) is -4.25. The van der Waals surface area contributed by atoms with Gasteiger partial charge in [-0.2, -0.15) is 13.4 Å². The number of hydrogen-bond acceptors (Lipinski definition) is 6. The van der Waals surface area contributed by atoms with Crippen molar-refractivity contribution in [2.45, 2.75) is 52.7 Å². The molecular weight excluding hydrogens is 394 g/mol. The van der Waals surface area contributed by atoms with E-state index >= 15 is 0 Å². The van der Waals surface area contributed by atoms with Gasteiger partial charge >= 0.3 is 16.0 Å². The molecule has 0 unspecified atom stereocenters. The Balaban J connectivity index is 2.30. The monoisotopic (exact) mass is 417 g/mol. The quantitative estimate of drug-likeness (QED) is 0.678. The molecule has 3 aromatic rings. The third kappa shape index (κ3) is 3.44. The van der Waals surface area contributed by atoms with Crippen LogP contribution in [0.15, 0.2) is 23.4 Å². The number of carboxylic acids is 1. The maximum atomic E-state index is 13.5. The maximum absolute atomic E-state index is 13.5. The molecule has 29 heavy (non-hydrogen) atoms. The van der Waals surface area contributed by atoms with Gasteiger partial charge in [0.2, 0.25) is 0 Å². The van der Waals surface area contributed by atoms with Crippen molar-refractivity contribution in [2.75, 3.05) is 4.31 Å². The Morgan fingerprint density at radius 1 is 1.14 bits per heavy atom. The number of carbonyl (C=O) groups is 1. The first kappa shape index (κ1) is 20.7. The highest BCUT2D eigenvalue weighted by Gasteiger charge is 2.35. The molecule has 0 saturated carbocycles. The van der Waals surface area contributed by atoms with Crippen LogP contribution >= 0.6 is 0 Å². The highest BCUT2D eigenvalue weighted by Crippen LogP contribution is 2.33. The van der Waals surface area contributed by atoms with E-state index in [1.807, 2.05) is 0 Å². The van der Waals surface area contributed by atoms with Crippen LogP contribution in [0.2, 0.25) is 0 Å². The zero-order chi connectivity index (χ0) is 21.7. The molecule has 2 heterocycles. The van der Waals surface area contributed by atoms with Crippen LogP contribution < -0.4 is 4.31 Å². The van der Waals surface area contributed by atoms with Crippen molar-refractivity contribution in [1.82, 2.24) is 19.6 Å². The molecule has 0 spiro atoms. The smallest absolute Gasteiger partial charge is 0.337 e. The third-order valence-corrected chi connectivity index (χ3v) is 6.47. The number of sulfonamides is 1. The molecule has 9 nitrogen and oxygen atoms in total. The molecule has 0 aliphatic rings. The number of hydrogen-bond donors (Lipinski definition) is 1. The van der Waals surface area contributed by atoms with Gasteiger partial charge in [-0.3, -0.25) is 4.31 Å². The normalized spacial score (nSPS) is 12.0. The highest BCUT2D eigenvalue weighted by atomic mass is 32.2. The molecule has 3 rings (SSSR count).